The minimum Gasteiger partial charge on any atom is 0 e. The fraction of sp³-hybridized carbons (Fsp3) is 1.00. The molecule has 0 aliphatic heterocycles. The van der Waals surface area contributed by atoms with E-state index in [2.05, 4.69) is 8.97 Å². The molecule has 0 aromatic heterocycles. The summed E-state index contributed by atoms with van der Waals surface area (Å²) in [6.07, 6.45) is 0. The predicted octanol–water partition coefficient (Wildman–Crippen LogP) is 1.16. The fourth-order valence-electron chi connectivity index (χ4n) is 0. The maximum atomic E-state index is 2.34. The molecule has 0 aromatic carbocycles. The second kappa shape index (κ2) is 8.85. The molecule has 2 heteroatoms. The van der Waals surface area contributed by atoms with Crippen LogP contribution in [-0.2, 0) is 51.5 Å². The second-order valence-corrected chi connectivity index (χ2v) is 4.74. The predicted molar refractivity (Wildman–Crippen MR) is 11.7 cm³/mol. The van der Waals surface area contributed by atoms with E-state index in [1.807, 2.05) is 0 Å². The average Bonchev–Trinajstić information content (AvgIpc) is 0.918. The number of rotatable bonds is 0. The molecule has 0 rings (SSSR count). The van der Waals surface area contributed by atoms with Crippen LogP contribution in [0.2, 0.25) is 8.97 Å². The van der Waals surface area contributed by atoms with E-state index in [1.54, 1.807) is 0 Å². The van der Waals surface area contributed by atoms with E-state index < -0.39 is 0 Å². The Kier molecular flexibility index (Phi) is 20.5. The molecule has 0 aromatic rings. The maximum absolute atomic E-state index is 2.34. The Balaban J connectivity index is 0. The molecule has 0 aliphatic carbocycles. The van der Waals surface area contributed by atoms with Gasteiger partial charge in [-0.25, -0.2) is 0 Å². The molecule has 0 spiro atoms. The van der Waals surface area contributed by atoms with Crippen LogP contribution in [0.4, 0.5) is 0 Å². The van der Waals surface area contributed by atoms with Crippen LogP contribution in [0.3, 0.4) is 0 Å². The molecule has 4 heavy (non-hydrogen) atoms. The summed E-state index contributed by atoms with van der Waals surface area (Å²) in [4.78, 5) is 0. The molecule has 0 bridgehead atoms. The number of hydrogen-bond donors (Lipinski definition) is 0. The van der Waals surface area contributed by atoms with E-state index in [0.717, 1.165) is 0 Å². The van der Waals surface area contributed by atoms with Gasteiger partial charge in [0.25, 0.3) is 0 Å². The summed E-state index contributed by atoms with van der Waals surface area (Å²) in [5.41, 5.74) is 0. The Bertz CT molecular complexity index is 4.00. The van der Waals surface area contributed by atoms with Crippen LogP contribution in [0.15, 0.2) is 0 Å². The summed E-state index contributed by atoms with van der Waals surface area (Å²) in [6, 6.07) is 0. The normalized spacial score (nSPS) is 2.50. The third-order valence-corrected chi connectivity index (χ3v) is 0. The molecule has 0 fully saturated rings. The van der Waals surface area contributed by atoms with E-state index >= 15 is 0 Å². The van der Waals surface area contributed by atoms with Crippen molar-refractivity contribution in [1.29, 1.82) is 0 Å². The van der Waals surface area contributed by atoms with Crippen molar-refractivity contribution in [1.82, 2.24) is 0 Å². The van der Waals surface area contributed by atoms with Crippen molar-refractivity contribution in [3.05, 3.63) is 0 Å². The van der Waals surface area contributed by atoms with Gasteiger partial charge in [-0.1, -0.05) is 0 Å². The van der Waals surface area contributed by atoms with Crippen molar-refractivity contribution in [3.63, 3.8) is 0 Å². The summed E-state index contributed by atoms with van der Waals surface area (Å²) in [5, 5.41) is 0. The molecule has 0 saturated carbocycles. The minimum absolute atomic E-state index is 0. The Hall–Kier alpha value is 1.84. The van der Waals surface area contributed by atoms with Crippen LogP contribution in [0, 0.1) is 0 Å². The second-order valence-electron chi connectivity index (χ2n) is 0.707. The smallest absolute Gasteiger partial charge is 0 e. The Morgan fingerprint density at radius 2 is 1.25 bits per heavy atom. The van der Waals surface area contributed by atoms with Gasteiger partial charge >= 0.3 is 33.2 Å². The molecule has 0 N–H and O–H groups in total. The molecular formula is C2H6Cd2. The fourth-order valence-corrected chi connectivity index (χ4v) is 0. The quantitative estimate of drug-likeness (QED) is 0.570. The Labute approximate surface area is 59.7 Å². The summed E-state index contributed by atoms with van der Waals surface area (Å²) in [6.45, 7) is 0. The van der Waals surface area contributed by atoms with Gasteiger partial charge in [-0.15, -0.1) is 0 Å². The first-order valence-corrected chi connectivity index (χ1v) is 9.49. The number of hydrogen-bond acceptors (Lipinski definition) is 0. The van der Waals surface area contributed by atoms with Crippen LogP contribution in [0.25, 0.3) is 0 Å². The zero-order valence-corrected chi connectivity index (χ0v) is 11.5. The van der Waals surface area contributed by atoms with Gasteiger partial charge in [-0.05, 0) is 0 Å². The van der Waals surface area contributed by atoms with Crippen LogP contribution in [-0.4, -0.2) is 0 Å². The largest absolute Gasteiger partial charge is 0 e. The van der Waals surface area contributed by atoms with Gasteiger partial charge in [0.2, 0.25) is 0 Å². The van der Waals surface area contributed by atoms with Gasteiger partial charge in [0.15, 0.2) is 0 Å². The van der Waals surface area contributed by atoms with Crippen LogP contribution in [0.5, 0.6) is 0 Å². The van der Waals surface area contributed by atoms with Crippen molar-refractivity contribution in [3.8, 4) is 0 Å². The molecule has 0 aliphatic rings. The molecule has 0 amide bonds. The zero-order valence-electron chi connectivity index (χ0n) is 3.41. The van der Waals surface area contributed by atoms with Crippen molar-refractivity contribution in [2.24, 2.45) is 0 Å². The van der Waals surface area contributed by atoms with Gasteiger partial charge in [-0.3, -0.25) is 0 Å². The maximum Gasteiger partial charge on any atom is 0 e. The minimum atomic E-state index is -0.01000. The van der Waals surface area contributed by atoms with Crippen LogP contribution < -0.4 is 0 Å². The molecular weight excluding hydrogens is 249 g/mol. The first-order valence-electron chi connectivity index (χ1n) is 1.41. The van der Waals surface area contributed by atoms with Gasteiger partial charge in [0, 0.05) is 27.3 Å². The standard InChI is InChI=1S/2CH3.2Cd/h2*1H3;;. The van der Waals surface area contributed by atoms with Gasteiger partial charge in [-0.2, -0.15) is 0 Å². The van der Waals surface area contributed by atoms with Crippen molar-refractivity contribution >= 4 is 0 Å². The third-order valence-electron chi connectivity index (χ3n) is 0. The SMILES string of the molecule is [CH3][Cd][CH3].[Cd]. The van der Waals surface area contributed by atoms with Crippen LogP contribution in [0.1, 0.15) is 0 Å². The van der Waals surface area contributed by atoms with E-state index in [1.165, 1.54) is 0 Å². The van der Waals surface area contributed by atoms with E-state index in [9.17, 15) is 0 Å². The van der Waals surface area contributed by atoms with E-state index in [4.69, 9.17) is 0 Å². The summed E-state index contributed by atoms with van der Waals surface area (Å²) >= 11 is -0.01000. The van der Waals surface area contributed by atoms with Gasteiger partial charge in [0.1, 0.15) is 0 Å². The molecule has 0 heterocycles. The first-order chi connectivity index (χ1) is 1.41. The van der Waals surface area contributed by atoms with Gasteiger partial charge in [0.05, 0.1) is 0 Å². The van der Waals surface area contributed by atoms with E-state index in [-0.39, 0.29) is 51.5 Å². The summed E-state index contributed by atoms with van der Waals surface area (Å²) in [7, 11) is 0. The van der Waals surface area contributed by atoms with Crippen molar-refractivity contribution in [2.75, 3.05) is 0 Å². The summed E-state index contributed by atoms with van der Waals surface area (Å²) in [5.74, 6) is 0. The van der Waals surface area contributed by atoms with Crippen molar-refractivity contribution in [2.45, 2.75) is 8.97 Å². The van der Waals surface area contributed by atoms with E-state index in [0.29, 0.717) is 0 Å². The zero-order chi connectivity index (χ0) is 2.71. The molecule has 0 nitrogen and oxygen atoms in total. The Morgan fingerprint density at radius 3 is 1.25 bits per heavy atom. The monoisotopic (exact) mass is 258 g/mol. The van der Waals surface area contributed by atoms with Gasteiger partial charge < -0.3 is 0 Å². The van der Waals surface area contributed by atoms with Crippen LogP contribution >= 0.6 is 0 Å². The first kappa shape index (κ1) is 9.28. The molecule has 0 atom stereocenters. The molecule has 0 unspecified atom stereocenters. The topological polar surface area (TPSA) is 0 Å². The summed E-state index contributed by atoms with van der Waals surface area (Å²) < 4.78 is 4.67. The Morgan fingerprint density at radius 1 is 1.25 bits per heavy atom. The van der Waals surface area contributed by atoms with Crippen molar-refractivity contribution < 1.29 is 51.5 Å². The third kappa shape index (κ3) is 9.14. The molecule has 0 radical (unpaired) electrons. The molecule has 0 saturated heterocycles. The molecule has 18 valence electrons. The average molecular weight is 255 g/mol.